The van der Waals surface area contributed by atoms with Crippen molar-refractivity contribution in [1.82, 2.24) is 4.98 Å². The second-order valence-corrected chi connectivity index (χ2v) is 2.60. The molecule has 0 unspecified atom stereocenters. The van der Waals surface area contributed by atoms with Gasteiger partial charge in [-0.2, -0.15) is 0 Å². The van der Waals surface area contributed by atoms with Gasteiger partial charge in [0, 0.05) is 23.9 Å². The number of alkyl halides is 2. The van der Waals surface area contributed by atoms with E-state index in [1.807, 2.05) is 0 Å². The molecule has 0 saturated heterocycles. The summed E-state index contributed by atoms with van der Waals surface area (Å²) < 4.78 is 37.2. The highest BCUT2D eigenvalue weighted by atomic mass is 19.3. The average molecular weight is 190 g/mol. The van der Waals surface area contributed by atoms with Gasteiger partial charge < -0.3 is 5.73 Å². The van der Waals surface area contributed by atoms with E-state index in [0.29, 0.717) is 0 Å². The van der Waals surface area contributed by atoms with E-state index in [4.69, 9.17) is 5.73 Å². The Hall–Kier alpha value is -1.10. The Kier molecular flexibility index (Phi) is 2.87. The standard InChI is InChI=1S/C8H9F3N2/c1-4-5(3-12)6(9)2-7(13-4)8(10)11/h2,8H,3,12H2,1H3. The zero-order valence-corrected chi connectivity index (χ0v) is 7.02. The molecule has 1 heterocycles. The molecule has 0 radical (unpaired) electrons. The number of hydrogen-bond donors (Lipinski definition) is 1. The number of nitrogens with two attached hydrogens (primary N) is 1. The van der Waals surface area contributed by atoms with Crippen LogP contribution in [0.2, 0.25) is 0 Å². The number of pyridine rings is 1. The van der Waals surface area contributed by atoms with E-state index in [1.54, 1.807) is 0 Å². The molecule has 1 rings (SSSR count). The fourth-order valence-electron chi connectivity index (χ4n) is 1.04. The first kappa shape index (κ1) is 9.98. The van der Waals surface area contributed by atoms with Gasteiger partial charge in [-0.3, -0.25) is 4.98 Å². The summed E-state index contributed by atoms with van der Waals surface area (Å²) in [6, 6.07) is 0.722. The van der Waals surface area contributed by atoms with E-state index < -0.39 is 17.9 Å². The molecule has 5 heteroatoms. The minimum atomic E-state index is -2.75. The second-order valence-electron chi connectivity index (χ2n) is 2.60. The molecule has 0 aromatic carbocycles. The molecule has 0 atom stereocenters. The third-order valence-electron chi connectivity index (χ3n) is 1.72. The van der Waals surface area contributed by atoms with Gasteiger partial charge in [0.15, 0.2) is 0 Å². The first-order chi connectivity index (χ1) is 6.06. The summed E-state index contributed by atoms with van der Waals surface area (Å²) in [6.07, 6.45) is -2.75. The van der Waals surface area contributed by atoms with Gasteiger partial charge in [-0.25, -0.2) is 13.2 Å². The Balaban J connectivity index is 3.20. The SMILES string of the molecule is Cc1nc(C(F)F)cc(F)c1CN. The van der Waals surface area contributed by atoms with Gasteiger partial charge in [-0.15, -0.1) is 0 Å². The molecule has 1 aromatic rings. The van der Waals surface area contributed by atoms with Gasteiger partial charge in [0.2, 0.25) is 0 Å². The van der Waals surface area contributed by atoms with Gasteiger partial charge in [-0.1, -0.05) is 0 Å². The summed E-state index contributed by atoms with van der Waals surface area (Å²) in [7, 11) is 0. The van der Waals surface area contributed by atoms with Crippen LogP contribution in [0.15, 0.2) is 6.07 Å². The third-order valence-corrected chi connectivity index (χ3v) is 1.72. The number of hydrogen-bond acceptors (Lipinski definition) is 2. The first-order valence-electron chi connectivity index (χ1n) is 3.70. The molecule has 2 nitrogen and oxygen atoms in total. The Morgan fingerprint density at radius 2 is 2.15 bits per heavy atom. The molecule has 0 fully saturated rings. The first-order valence-corrected chi connectivity index (χ1v) is 3.70. The van der Waals surface area contributed by atoms with Crippen molar-refractivity contribution in [3.63, 3.8) is 0 Å². The molecular formula is C8H9F3N2. The molecule has 72 valence electrons. The maximum atomic E-state index is 13.0. The zero-order valence-electron chi connectivity index (χ0n) is 7.02. The number of halogens is 3. The van der Waals surface area contributed by atoms with Gasteiger partial charge in [-0.05, 0) is 6.92 Å². The van der Waals surface area contributed by atoms with Crippen LogP contribution >= 0.6 is 0 Å². The average Bonchev–Trinajstić information content (AvgIpc) is 2.03. The van der Waals surface area contributed by atoms with Crippen molar-refractivity contribution in [3.8, 4) is 0 Å². The predicted octanol–water partition coefficient (Wildman–Crippen LogP) is 1.93. The van der Waals surface area contributed by atoms with Crippen LogP contribution in [0.1, 0.15) is 23.4 Å². The van der Waals surface area contributed by atoms with E-state index in [9.17, 15) is 13.2 Å². The smallest absolute Gasteiger partial charge is 0.280 e. The summed E-state index contributed by atoms with van der Waals surface area (Å²) in [5.41, 5.74) is 5.07. The van der Waals surface area contributed by atoms with E-state index in [-0.39, 0.29) is 17.8 Å². The van der Waals surface area contributed by atoms with Crippen LogP contribution in [-0.2, 0) is 6.54 Å². The van der Waals surface area contributed by atoms with Crippen molar-refractivity contribution in [2.24, 2.45) is 5.73 Å². The van der Waals surface area contributed by atoms with Crippen LogP contribution in [0, 0.1) is 12.7 Å². The van der Waals surface area contributed by atoms with Crippen molar-refractivity contribution in [2.45, 2.75) is 19.9 Å². The molecule has 0 aliphatic rings. The fourth-order valence-corrected chi connectivity index (χ4v) is 1.04. The van der Waals surface area contributed by atoms with Crippen molar-refractivity contribution in [2.75, 3.05) is 0 Å². The topological polar surface area (TPSA) is 38.9 Å². The van der Waals surface area contributed by atoms with Crippen LogP contribution < -0.4 is 5.73 Å². The van der Waals surface area contributed by atoms with Gasteiger partial charge in [0.05, 0.1) is 0 Å². The minimum absolute atomic E-state index is 0.0335. The number of aryl methyl sites for hydroxylation is 1. The fraction of sp³-hybridized carbons (Fsp3) is 0.375. The van der Waals surface area contributed by atoms with Gasteiger partial charge in [0.25, 0.3) is 6.43 Å². The maximum Gasteiger partial charge on any atom is 0.280 e. The van der Waals surface area contributed by atoms with Gasteiger partial charge in [0.1, 0.15) is 11.5 Å². The molecule has 0 amide bonds. The van der Waals surface area contributed by atoms with E-state index in [1.165, 1.54) is 6.92 Å². The highest BCUT2D eigenvalue weighted by Gasteiger charge is 2.14. The molecule has 0 spiro atoms. The van der Waals surface area contributed by atoms with E-state index >= 15 is 0 Å². The predicted molar refractivity (Wildman–Crippen MR) is 41.8 cm³/mol. The maximum absolute atomic E-state index is 13.0. The number of aromatic nitrogens is 1. The molecule has 2 N–H and O–H groups in total. The lowest BCUT2D eigenvalue weighted by Crippen LogP contribution is -2.06. The van der Waals surface area contributed by atoms with E-state index in [0.717, 1.165) is 6.07 Å². The van der Waals surface area contributed by atoms with Crippen LogP contribution in [-0.4, -0.2) is 4.98 Å². The molecule has 13 heavy (non-hydrogen) atoms. The van der Waals surface area contributed by atoms with Crippen molar-refractivity contribution >= 4 is 0 Å². The Morgan fingerprint density at radius 3 is 2.54 bits per heavy atom. The molecule has 0 aliphatic heterocycles. The van der Waals surface area contributed by atoms with Crippen LogP contribution in [0.4, 0.5) is 13.2 Å². The van der Waals surface area contributed by atoms with Crippen molar-refractivity contribution < 1.29 is 13.2 Å². The quantitative estimate of drug-likeness (QED) is 0.773. The second kappa shape index (κ2) is 3.74. The van der Waals surface area contributed by atoms with Gasteiger partial charge >= 0.3 is 0 Å². The third kappa shape index (κ3) is 1.98. The molecule has 0 saturated carbocycles. The zero-order chi connectivity index (χ0) is 10.0. The Morgan fingerprint density at radius 1 is 1.54 bits per heavy atom. The number of nitrogens with zero attached hydrogens (tertiary/aromatic N) is 1. The van der Waals surface area contributed by atoms with Crippen molar-refractivity contribution in [3.05, 3.63) is 28.8 Å². The summed E-state index contributed by atoms with van der Waals surface area (Å²) in [5.74, 6) is -0.717. The van der Waals surface area contributed by atoms with Crippen LogP contribution in [0.3, 0.4) is 0 Å². The lowest BCUT2D eigenvalue weighted by atomic mass is 10.1. The summed E-state index contributed by atoms with van der Waals surface area (Å²) in [6.45, 7) is 1.42. The summed E-state index contributed by atoms with van der Waals surface area (Å²) in [4.78, 5) is 3.53. The molecule has 0 aliphatic carbocycles. The summed E-state index contributed by atoms with van der Waals surface area (Å²) in [5, 5.41) is 0. The highest BCUT2D eigenvalue weighted by molar-refractivity contribution is 5.24. The van der Waals surface area contributed by atoms with Crippen LogP contribution in [0.25, 0.3) is 0 Å². The lowest BCUT2D eigenvalue weighted by Gasteiger charge is -2.06. The van der Waals surface area contributed by atoms with Crippen LogP contribution in [0.5, 0.6) is 0 Å². The lowest BCUT2D eigenvalue weighted by molar-refractivity contribution is 0.145. The monoisotopic (exact) mass is 190 g/mol. The van der Waals surface area contributed by atoms with Crippen molar-refractivity contribution in [1.29, 1.82) is 0 Å². The van der Waals surface area contributed by atoms with E-state index in [2.05, 4.69) is 4.98 Å². The molecule has 0 bridgehead atoms. The number of rotatable bonds is 2. The minimum Gasteiger partial charge on any atom is -0.326 e. The normalized spacial score (nSPS) is 10.9. The largest absolute Gasteiger partial charge is 0.326 e. The Labute approximate surface area is 73.6 Å². The highest BCUT2D eigenvalue weighted by Crippen LogP contribution is 2.20. The Bertz CT molecular complexity index is 289. The summed E-state index contributed by atoms with van der Waals surface area (Å²) >= 11 is 0. The molecule has 1 aromatic heterocycles. The molecular weight excluding hydrogens is 181 g/mol.